The van der Waals surface area contributed by atoms with Crippen LogP contribution in [0.25, 0.3) is 11.1 Å². The van der Waals surface area contributed by atoms with Gasteiger partial charge in [-0.3, -0.25) is 4.79 Å². The van der Waals surface area contributed by atoms with Gasteiger partial charge in [0.25, 0.3) is 5.91 Å². The predicted molar refractivity (Wildman–Crippen MR) is 122 cm³/mol. The molecule has 3 aromatic rings. The Morgan fingerprint density at radius 2 is 1.65 bits per heavy atom. The van der Waals surface area contributed by atoms with Crippen LogP contribution < -0.4 is 14.8 Å². The van der Waals surface area contributed by atoms with Crippen molar-refractivity contribution in [1.82, 2.24) is 0 Å². The van der Waals surface area contributed by atoms with Crippen molar-refractivity contribution in [3.05, 3.63) is 77.9 Å². The summed E-state index contributed by atoms with van der Waals surface area (Å²) in [4.78, 5) is 13.2. The molecule has 158 valence electrons. The number of methoxy groups -OCH3 is 2. The molecular formula is C26H25NO4. The number of anilines is 1. The van der Waals surface area contributed by atoms with E-state index in [0.29, 0.717) is 17.2 Å². The zero-order valence-corrected chi connectivity index (χ0v) is 18.1. The van der Waals surface area contributed by atoms with Gasteiger partial charge in [0.2, 0.25) is 6.10 Å². The first-order chi connectivity index (χ1) is 15.1. The maximum absolute atomic E-state index is 13.2. The summed E-state index contributed by atoms with van der Waals surface area (Å²) in [5.74, 6) is 3.62. The number of nitrogens with one attached hydrogen (secondary N) is 1. The maximum atomic E-state index is 13.2. The van der Waals surface area contributed by atoms with Gasteiger partial charge < -0.3 is 19.5 Å². The van der Waals surface area contributed by atoms with Crippen molar-refractivity contribution in [2.45, 2.75) is 20.0 Å². The fourth-order valence-electron chi connectivity index (χ4n) is 3.18. The molecule has 0 fully saturated rings. The van der Waals surface area contributed by atoms with Gasteiger partial charge in [0.15, 0.2) is 11.5 Å². The van der Waals surface area contributed by atoms with Crippen LogP contribution in [-0.2, 0) is 9.53 Å². The first-order valence-corrected chi connectivity index (χ1v) is 9.83. The van der Waals surface area contributed by atoms with Crippen LogP contribution >= 0.6 is 0 Å². The number of benzene rings is 3. The summed E-state index contributed by atoms with van der Waals surface area (Å²) in [6, 6.07) is 20.8. The lowest BCUT2D eigenvalue weighted by atomic mass is 10.0. The lowest BCUT2D eigenvalue weighted by molar-refractivity contribution is -0.124. The van der Waals surface area contributed by atoms with Gasteiger partial charge in [0.05, 0.1) is 14.2 Å². The van der Waals surface area contributed by atoms with Gasteiger partial charge in [-0.2, -0.15) is 0 Å². The van der Waals surface area contributed by atoms with Crippen LogP contribution in [0.15, 0.2) is 66.7 Å². The monoisotopic (exact) mass is 415 g/mol. The van der Waals surface area contributed by atoms with Gasteiger partial charge in [-0.05, 0) is 30.7 Å². The van der Waals surface area contributed by atoms with E-state index in [2.05, 4.69) is 17.3 Å². The number of hydrogen-bond donors (Lipinski definition) is 1. The smallest absolute Gasteiger partial charge is 0.271 e. The summed E-state index contributed by atoms with van der Waals surface area (Å²) in [5, 5.41) is 2.99. The van der Waals surface area contributed by atoms with Gasteiger partial charge in [0.1, 0.15) is 6.11 Å². The van der Waals surface area contributed by atoms with Gasteiger partial charge in [0, 0.05) is 23.7 Å². The topological polar surface area (TPSA) is 56.8 Å². The number of hydrogen-bond acceptors (Lipinski definition) is 4. The Hall–Kier alpha value is -3.91. The lowest BCUT2D eigenvalue weighted by Gasteiger charge is -2.18. The first-order valence-electron chi connectivity index (χ1n) is 9.83. The highest BCUT2D eigenvalue weighted by atomic mass is 16.5. The average Bonchev–Trinajstić information content (AvgIpc) is 2.80. The fraction of sp³-hybridized carbons (Fsp3) is 0.192. The van der Waals surface area contributed by atoms with E-state index in [1.165, 1.54) is 0 Å². The molecule has 0 bridgehead atoms. The fourth-order valence-corrected chi connectivity index (χ4v) is 3.18. The molecule has 5 nitrogen and oxygen atoms in total. The van der Waals surface area contributed by atoms with Crippen LogP contribution in [0.5, 0.6) is 11.5 Å². The third-order valence-electron chi connectivity index (χ3n) is 4.78. The Labute approximate surface area is 183 Å². The van der Waals surface area contributed by atoms with E-state index >= 15 is 0 Å². The third kappa shape index (κ3) is 5.18. The van der Waals surface area contributed by atoms with E-state index in [4.69, 9.17) is 14.2 Å². The number of ether oxygens (including phenoxy) is 3. The Morgan fingerprint density at radius 3 is 2.32 bits per heavy atom. The number of para-hydroxylation sites is 1. The number of carbonyl (C=O) groups excluding carboxylic acids is 1. The molecule has 31 heavy (non-hydrogen) atoms. The minimum atomic E-state index is -0.855. The van der Waals surface area contributed by atoms with Crippen molar-refractivity contribution in [2.24, 2.45) is 0 Å². The molecule has 3 rings (SSSR count). The summed E-state index contributed by atoms with van der Waals surface area (Å²) >= 11 is 0. The van der Waals surface area contributed by atoms with E-state index in [1.54, 1.807) is 21.1 Å². The molecule has 0 heterocycles. The summed E-state index contributed by atoms with van der Waals surface area (Å²) < 4.78 is 16.3. The summed E-state index contributed by atoms with van der Waals surface area (Å²) in [6.07, 6.45) is 1.71. The molecule has 0 spiro atoms. The summed E-state index contributed by atoms with van der Waals surface area (Å²) in [7, 11) is 3.18. The van der Waals surface area contributed by atoms with Crippen molar-refractivity contribution < 1.29 is 19.0 Å². The van der Waals surface area contributed by atoms with E-state index in [1.807, 2.05) is 73.7 Å². The SMILES string of the molecule is CC#COC(C(=O)Nc1ccccc1-c1ccc(OC)c(OC)c1)c1ccc(C)cc1. The van der Waals surface area contributed by atoms with Crippen LogP contribution in [0.2, 0.25) is 0 Å². The molecule has 5 heteroatoms. The summed E-state index contributed by atoms with van der Waals surface area (Å²) in [6.45, 7) is 3.65. The normalized spacial score (nSPS) is 11.0. The third-order valence-corrected chi connectivity index (χ3v) is 4.78. The molecule has 0 saturated heterocycles. The lowest BCUT2D eigenvalue weighted by Crippen LogP contribution is -2.22. The molecule has 0 aromatic heterocycles. The number of carbonyl (C=O) groups is 1. The quantitative estimate of drug-likeness (QED) is 0.528. The van der Waals surface area contributed by atoms with Crippen LogP contribution in [-0.4, -0.2) is 20.1 Å². The van der Waals surface area contributed by atoms with Gasteiger partial charge in [-0.1, -0.05) is 60.0 Å². The van der Waals surface area contributed by atoms with Gasteiger partial charge >= 0.3 is 0 Å². The zero-order chi connectivity index (χ0) is 22.2. The Kier molecular flexibility index (Phi) is 7.18. The molecule has 1 unspecified atom stereocenters. The van der Waals surface area contributed by atoms with Crippen LogP contribution in [0.3, 0.4) is 0 Å². The van der Waals surface area contributed by atoms with Gasteiger partial charge in [-0.15, -0.1) is 0 Å². The van der Waals surface area contributed by atoms with Crippen molar-refractivity contribution in [1.29, 1.82) is 0 Å². The second-order valence-electron chi connectivity index (χ2n) is 6.87. The minimum Gasteiger partial charge on any atom is -0.493 e. The number of aryl methyl sites for hydroxylation is 1. The Balaban J connectivity index is 1.93. The molecule has 1 atom stereocenters. The van der Waals surface area contributed by atoms with Crippen molar-refractivity contribution in [2.75, 3.05) is 19.5 Å². The molecular weight excluding hydrogens is 390 g/mol. The number of rotatable bonds is 7. The second kappa shape index (κ2) is 10.2. The summed E-state index contributed by atoms with van der Waals surface area (Å²) in [5.41, 5.74) is 4.22. The second-order valence-corrected chi connectivity index (χ2v) is 6.87. The van der Waals surface area contributed by atoms with Gasteiger partial charge in [-0.25, -0.2) is 0 Å². The largest absolute Gasteiger partial charge is 0.493 e. The van der Waals surface area contributed by atoms with Crippen molar-refractivity contribution in [3.8, 4) is 34.7 Å². The zero-order valence-electron chi connectivity index (χ0n) is 18.1. The molecule has 0 saturated carbocycles. The molecule has 0 aliphatic rings. The van der Waals surface area contributed by atoms with Crippen LogP contribution in [0.1, 0.15) is 24.2 Å². The Bertz CT molecular complexity index is 1110. The molecule has 0 aliphatic heterocycles. The Morgan fingerprint density at radius 1 is 0.935 bits per heavy atom. The first kappa shape index (κ1) is 21.8. The molecule has 0 radical (unpaired) electrons. The van der Waals surface area contributed by atoms with Crippen molar-refractivity contribution in [3.63, 3.8) is 0 Å². The molecule has 0 aliphatic carbocycles. The minimum absolute atomic E-state index is 0.306. The maximum Gasteiger partial charge on any atom is 0.271 e. The average molecular weight is 415 g/mol. The van der Waals surface area contributed by atoms with E-state index in [-0.39, 0.29) is 5.91 Å². The standard InChI is InChI=1S/C26H25NO4/c1-5-16-31-25(19-12-10-18(2)11-13-19)26(28)27-22-9-7-6-8-21(22)20-14-15-23(29-3)24(17-20)30-4/h6-15,17,25H,1-4H3,(H,27,28). The van der Waals surface area contributed by atoms with Crippen LogP contribution in [0.4, 0.5) is 5.69 Å². The highest BCUT2D eigenvalue weighted by Crippen LogP contribution is 2.35. The van der Waals surface area contributed by atoms with E-state index in [9.17, 15) is 4.79 Å². The number of amides is 1. The predicted octanol–water partition coefficient (Wildman–Crippen LogP) is 5.36. The highest BCUT2D eigenvalue weighted by Gasteiger charge is 2.23. The highest BCUT2D eigenvalue weighted by molar-refractivity contribution is 5.98. The van der Waals surface area contributed by atoms with E-state index < -0.39 is 6.10 Å². The molecule has 3 aromatic carbocycles. The van der Waals surface area contributed by atoms with Crippen LogP contribution in [0, 0.1) is 19.0 Å². The molecule has 1 N–H and O–H groups in total. The van der Waals surface area contributed by atoms with E-state index in [0.717, 1.165) is 22.3 Å². The molecule has 1 amide bonds. The van der Waals surface area contributed by atoms with Crippen molar-refractivity contribution >= 4 is 11.6 Å².